The number of rotatable bonds is 1. The van der Waals surface area contributed by atoms with Gasteiger partial charge in [-0.2, -0.15) is 18.2 Å². The number of halogens is 4. The molecule has 1 aromatic rings. The minimum atomic E-state index is -4.52. The maximum atomic E-state index is 12.9. The second-order valence-electron chi connectivity index (χ2n) is 3.68. The molecular weight excluding hydrogens is 315 g/mol. The summed E-state index contributed by atoms with van der Waals surface area (Å²) in [5.74, 6) is 0. The number of hydroxylamine groups is 1. The van der Waals surface area contributed by atoms with Gasteiger partial charge in [0.2, 0.25) is 0 Å². The molecule has 0 aromatic heterocycles. The number of aliphatic hydroxyl groups is 1. The smallest absolute Gasteiger partial charge is 0.385 e. The van der Waals surface area contributed by atoms with E-state index < -0.39 is 18.0 Å². The zero-order valence-electron chi connectivity index (χ0n) is 8.99. The van der Waals surface area contributed by atoms with Gasteiger partial charge in [0.1, 0.15) is 6.26 Å². The van der Waals surface area contributed by atoms with E-state index in [1.54, 1.807) is 0 Å². The lowest BCUT2D eigenvalue weighted by molar-refractivity contribution is -0.137. The Morgan fingerprint density at radius 1 is 1.39 bits per heavy atom. The first-order valence-corrected chi connectivity index (χ1v) is 5.85. The molecule has 0 aliphatic carbocycles. The van der Waals surface area contributed by atoms with Crippen LogP contribution in [0.2, 0.25) is 0 Å². The van der Waals surface area contributed by atoms with E-state index in [4.69, 9.17) is 4.84 Å². The molecule has 7 heteroatoms. The number of anilines is 1. The molecule has 18 heavy (non-hydrogen) atoms. The molecule has 0 spiro atoms. The topological polar surface area (TPSA) is 32.7 Å². The lowest BCUT2D eigenvalue weighted by atomic mass is 10.1. The normalized spacial score (nSPS) is 19.8. The Morgan fingerprint density at radius 2 is 2.11 bits per heavy atom. The van der Waals surface area contributed by atoms with Crippen LogP contribution in [0.25, 0.3) is 0 Å². The maximum absolute atomic E-state index is 12.9. The van der Waals surface area contributed by atoms with Gasteiger partial charge >= 0.3 is 6.18 Å². The lowest BCUT2D eigenvalue weighted by Crippen LogP contribution is -2.37. The zero-order chi connectivity index (χ0) is 13.3. The molecule has 1 aromatic carbocycles. The van der Waals surface area contributed by atoms with Crippen molar-refractivity contribution in [1.29, 1.82) is 0 Å². The summed E-state index contributed by atoms with van der Waals surface area (Å²) >= 11 is 2.99. The Hall–Kier alpha value is -1.21. The largest absolute Gasteiger partial charge is 0.418 e. The Kier molecular flexibility index (Phi) is 3.54. The average molecular weight is 324 g/mol. The predicted octanol–water partition coefficient (Wildman–Crippen LogP) is 3.44. The third-order valence-corrected chi connectivity index (χ3v) is 2.88. The van der Waals surface area contributed by atoms with Gasteiger partial charge in [-0.25, -0.2) is 0 Å². The van der Waals surface area contributed by atoms with Gasteiger partial charge in [0.05, 0.1) is 11.3 Å². The van der Waals surface area contributed by atoms with Gasteiger partial charge in [0.15, 0.2) is 6.23 Å². The second kappa shape index (κ2) is 4.81. The summed E-state index contributed by atoms with van der Waals surface area (Å²) in [7, 11) is 0. The number of nitrogens with zero attached hydrogens (tertiary/aromatic N) is 1. The van der Waals surface area contributed by atoms with Crippen LogP contribution in [0.4, 0.5) is 18.9 Å². The Labute approximate surface area is 110 Å². The molecule has 3 nitrogen and oxygen atoms in total. The van der Waals surface area contributed by atoms with Crippen molar-refractivity contribution in [3.8, 4) is 0 Å². The van der Waals surface area contributed by atoms with Crippen molar-refractivity contribution in [2.24, 2.45) is 0 Å². The molecule has 0 amide bonds. The third-order valence-electron chi connectivity index (χ3n) is 2.39. The van der Waals surface area contributed by atoms with Gasteiger partial charge < -0.3 is 9.94 Å². The number of hydrogen-bond acceptors (Lipinski definition) is 3. The molecule has 1 aliphatic heterocycles. The predicted molar refractivity (Wildman–Crippen MR) is 62.5 cm³/mol. The fraction of sp³-hybridized carbons (Fsp3) is 0.273. The van der Waals surface area contributed by atoms with E-state index in [9.17, 15) is 18.3 Å². The molecule has 0 fully saturated rings. The first kappa shape index (κ1) is 13.2. The van der Waals surface area contributed by atoms with Gasteiger partial charge in [0, 0.05) is 10.9 Å². The van der Waals surface area contributed by atoms with Gasteiger partial charge in [-0.3, -0.25) is 0 Å². The monoisotopic (exact) mass is 323 g/mol. The van der Waals surface area contributed by atoms with Gasteiger partial charge in [-0.05, 0) is 24.3 Å². The highest BCUT2D eigenvalue weighted by molar-refractivity contribution is 9.10. The summed E-state index contributed by atoms with van der Waals surface area (Å²) in [5, 5.41) is 10.5. The van der Waals surface area contributed by atoms with Crippen LogP contribution >= 0.6 is 15.9 Å². The quantitative estimate of drug-likeness (QED) is 0.859. The molecule has 1 aliphatic rings. The van der Waals surface area contributed by atoms with Gasteiger partial charge in [0.25, 0.3) is 0 Å². The Morgan fingerprint density at radius 3 is 2.72 bits per heavy atom. The van der Waals surface area contributed by atoms with Crippen LogP contribution in [0, 0.1) is 0 Å². The van der Waals surface area contributed by atoms with E-state index in [-0.39, 0.29) is 12.1 Å². The maximum Gasteiger partial charge on any atom is 0.418 e. The molecule has 0 saturated carbocycles. The van der Waals surface area contributed by atoms with Crippen molar-refractivity contribution in [2.45, 2.75) is 18.8 Å². The molecule has 0 radical (unpaired) electrons. The van der Waals surface area contributed by atoms with Crippen LogP contribution in [-0.4, -0.2) is 11.3 Å². The van der Waals surface area contributed by atoms with Crippen molar-refractivity contribution < 1.29 is 23.1 Å². The molecule has 0 saturated heterocycles. The van der Waals surface area contributed by atoms with Crippen molar-refractivity contribution in [1.82, 2.24) is 0 Å². The molecule has 98 valence electrons. The van der Waals surface area contributed by atoms with E-state index in [1.165, 1.54) is 24.5 Å². The van der Waals surface area contributed by atoms with Crippen LogP contribution in [0.5, 0.6) is 0 Å². The molecular formula is C11H9BrF3NO2. The second-order valence-corrected chi connectivity index (χ2v) is 4.59. The summed E-state index contributed by atoms with van der Waals surface area (Å²) in [6.07, 6.45) is -2.68. The standard InChI is InChI=1S/C11H9BrF3NO2/c12-7-3-4-9(8(6-7)11(13,14)15)16-10(17)2-1-5-18-16/h1,3-6,10,17H,2H2. The highest BCUT2D eigenvalue weighted by Crippen LogP contribution is 2.39. The molecule has 1 atom stereocenters. The van der Waals surface area contributed by atoms with Crippen LogP contribution in [0.3, 0.4) is 0 Å². The van der Waals surface area contributed by atoms with Crippen molar-refractivity contribution in [3.63, 3.8) is 0 Å². The molecule has 1 unspecified atom stereocenters. The van der Waals surface area contributed by atoms with Gasteiger partial charge in [-0.1, -0.05) is 15.9 Å². The number of hydrogen-bond donors (Lipinski definition) is 1. The lowest BCUT2D eigenvalue weighted by Gasteiger charge is -2.31. The fourth-order valence-electron chi connectivity index (χ4n) is 1.60. The van der Waals surface area contributed by atoms with Crippen LogP contribution in [-0.2, 0) is 11.0 Å². The summed E-state index contributed by atoms with van der Waals surface area (Å²) in [4.78, 5) is 4.94. The van der Waals surface area contributed by atoms with E-state index in [2.05, 4.69) is 15.9 Å². The Balaban J connectivity index is 2.47. The highest BCUT2D eigenvalue weighted by Gasteiger charge is 2.37. The third kappa shape index (κ3) is 2.62. The van der Waals surface area contributed by atoms with Crippen molar-refractivity contribution in [2.75, 3.05) is 5.06 Å². The fourth-order valence-corrected chi connectivity index (χ4v) is 1.96. The van der Waals surface area contributed by atoms with Gasteiger partial charge in [-0.15, -0.1) is 0 Å². The van der Waals surface area contributed by atoms with E-state index in [0.717, 1.165) is 11.1 Å². The van der Waals surface area contributed by atoms with Crippen LogP contribution in [0.1, 0.15) is 12.0 Å². The highest BCUT2D eigenvalue weighted by atomic mass is 79.9. The summed E-state index contributed by atoms with van der Waals surface area (Å²) in [5.41, 5.74) is -1.09. The number of benzene rings is 1. The average Bonchev–Trinajstić information content (AvgIpc) is 2.29. The zero-order valence-corrected chi connectivity index (χ0v) is 10.6. The summed E-state index contributed by atoms with van der Waals surface area (Å²) in [6, 6.07) is 3.65. The molecule has 0 bridgehead atoms. The van der Waals surface area contributed by atoms with Crippen LogP contribution < -0.4 is 5.06 Å². The summed E-state index contributed by atoms with van der Waals surface area (Å²) in [6.45, 7) is 0. The number of alkyl halides is 3. The molecule has 1 heterocycles. The minimum absolute atomic E-state index is 0.202. The van der Waals surface area contributed by atoms with E-state index >= 15 is 0 Å². The minimum Gasteiger partial charge on any atom is -0.385 e. The first-order chi connectivity index (χ1) is 8.39. The van der Waals surface area contributed by atoms with Crippen molar-refractivity contribution >= 4 is 21.6 Å². The van der Waals surface area contributed by atoms with E-state index in [0.29, 0.717) is 4.47 Å². The SMILES string of the molecule is OC1CC=CON1c1ccc(Br)cc1C(F)(F)F. The summed E-state index contributed by atoms with van der Waals surface area (Å²) < 4.78 is 39.0. The molecule has 2 rings (SSSR count). The van der Waals surface area contributed by atoms with E-state index in [1.807, 2.05) is 0 Å². The molecule has 1 N–H and O–H groups in total. The Bertz CT molecular complexity index is 476. The van der Waals surface area contributed by atoms with Crippen molar-refractivity contribution in [3.05, 3.63) is 40.6 Å². The first-order valence-electron chi connectivity index (χ1n) is 5.05. The number of aliphatic hydroxyl groups excluding tert-OH is 1. The van der Waals surface area contributed by atoms with Crippen LogP contribution in [0.15, 0.2) is 35.0 Å².